The van der Waals surface area contributed by atoms with E-state index in [0.29, 0.717) is 6.42 Å². The average molecular weight is 380 g/mol. The van der Waals surface area contributed by atoms with Gasteiger partial charge in [-0.2, -0.15) is 4.72 Å². The lowest BCUT2D eigenvalue weighted by atomic mass is 10.00. The van der Waals surface area contributed by atoms with Gasteiger partial charge in [-0.3, -0.25) is 10.0 Å². The Balaban J connectivity index is 2.25. The van der Waals surface area contributed by atoms with Crippen molar-refractivity contribution in [1.82, 2.24) is 10.2 Å². The maximum absolute atomic E-state index is 13.0. The van der Waals surface area contributed by atoms with E-state index in [9.17, 15) is 17.6 Å². The van der Waals surface area contributed by atoms with Crippen LogP contribution in [0.15, 0.2) is 53.4 Å². The smallest absolute Gasteiger partial charge is 0.261 e. The van der Waals surface area contributed by atoms with E-state index in [-0.39, 0.29) is 16.6 Å². The van der Waals surface area contributed by atoms with Gasteiger partial charge in [-0.25, -0.2) is 18.3 Å². The van der Waals surface area contributed by atoms with Gasteiger partial charge in [0.15, 0.2) is 0 Å². The van der Waals surface area contributed by atoms with Gasteiger partial charge < -0.3 is 0 Å². The molecule has 0 heterocycles. The Morgan fingerprint density at radius 1 is 1.08 bits per heavy atom. The van der Waals surface area contributed by atoms with Gasteiger partial charge in [-0.1, -0.05) is 44.5 Å². The molecule has 2 rings (SSSR count). The van der Waals surface area contributed by atoms with Crippen molar-refractivity contribution < 1.29 is 22.8 Å². The van der Waals surface area contributed by atoms with E-state index in [1.165, 1.54) is 29.7 Å². The van der Waals surface area contributed by atoms with Crippen molar-refractivity contribution in [2.75, 3.05) is 0 Å². The van der Waals surface area contributed by atoms with E-state index in [1.807, 2.05) is 6.92 Å². The van der Waals surface area contributed by atoms with Crippen molar-refractivity contribution in [3.63, 3.8) is 0 Å². The third-order valence-corrected chi connectivity index (χ3v) is 5.69. The number of halogens is 1. The highest BCUT2D eigenvalue weighted by Gasteiger charge is 2.29. The summed E-state index contributed by atoms with van der Waals surface area (Å²) in [7, 11) is -3.96. The topological polar surface area (TPSA) is 95.5 Å². The molecule has 0 spiro atoms. The van der Waals surface area contributed by atoms with E-state index >= 15 is 0 Å². The SMILES string of the molecule is CC[C@H](C)[C@H](NS(=O)(=O)c1ccc(-c2ccc(F)cc2)cc1)C(=O)NO. The zero-order valence-electron chi connectivity index (χ0n) is 14.4. The molecule has 1 amide bonds. The van der Waals surface area contributed by atoms with E-state index in [4.69, 9.17) is 5.21 Å². The van der Waals surface area contributed by atoms with E-state index in [0.717, 1.165) is 11.1 Å². The van der Waals surface area contributed by atoms with Crippen LogP contribution >= 0.6 is 0 Å². The first-order chi connectivity index (χ1) is 12.3. The van der Waals surface area contributed by atoms with Crippen molar-refractivity contribution in [1.29, 1.82) is 0 Å². The molecule has 0 aliphatic carbocycles. The minimum atomic E-state index is -3.96. The van der Waals surface area contributed by atoms with E-state index < -0.39 is 22.0 Å². The van der Waals surface area contributed by atoms with E-state index in [2.05, 4.69) is 4.72 Å². The second-order valence-corrected chi connectivity index (χ2v) is 7.71. The van der Waals surface area contributed by atoms with Crippen LogP contribution in [0.25, 0.3) is 11.1 Å². The van der Waals surface area contributed by atoms with Crippen LogP contribution in [0.4, 0.5) is 4.39 Å². The average Bonchev–Trinajstić information content (AvgIpc) is 2.65. The van der Waals surface area contributed by atoms with Crippen LogP contribution < -0.4 is 10.2 Å². The van der Waals surface area contributed by atoms with Gasteiger partial charge in [0.25, 0.3) is 5.91 Å². The quantitative estimate of drug-likeness (QED) is 0.508. The van der Waals surface area contributed by atoms with Gasteiger partial charge >= 0.3 is 0 Å². The third kappa shape index (κ3) is 4.66. The molecule has 0 radical (unpaired) electrons. The fourth-order valence-corrected chi connectivity index (χ4v) is 3.74. The number of nitrogens with one attached hydrogen (secondary N) is 2. The summed E-state index contributed by atoms with van der Waals surface area (Å²) in [6.07, 6.45) is 0.546. The maximum atomic E-state index is 13.0. The minimum absolute atomic E-state index is 0.0117. The maximum Gasteiger partial charge on any atom is 0.261 e. The molecule has 2 atom stereocenters. The first kappa shape index (κ1) is 20.0. The van der Waals surface area contributed by atoms with Gasteiger partial charge in [0.1, 0.15) is 11.9 Å². The molecule has 0 aliphatic rings. The zero-order chi connectivity index (χ0) is 19.3. The molecule has 0 bridgehead atoms. The van der Waals surface area contributed by atoms with Gasteiger partial charge in [0.2, 0.25) is 10.0 Å². The van der Waals surface area contributed by atoms with Crippen LogP contribution in [0.3, 0.4) is 0 Å². The molecule has 0 aliphatic heterocycles. The molecule has 26 heavy (non-hydrogen) atoms. The van der Waals surface area contributed by atoms with Crippen LogP contribution in [-0.4, -0.2) is 25.6 Å². The van der Waals surface area contributed by atoms with Crippen LogP contribution in [-0.2, 0) is 14.8 Å². The zero-order valence-corrected chi connectivity index (χ0v) is 15.3. The number of carbonyl (C=O) groups is 1. The second kappa shape index (κ2) is 8.39. The number of amides is 1. The molecule has 140 valence electrons. The predicted molar refractivity (Wildman–Crippen MR) is 95.3 cm³/mol. The van der Waals surface area contributed by atoms with Crippen LogP contribution in [0.1, 0.15) is 20.3 Å². The highest BCUT2D eigenvalue weighted by molar-refractivity contribution is 7.89. The number of carbonyl (C=O) groups excluding carboxylic acids is 1. The molecule has 8 heteroatoms. The molecule has 6 nitrogen and oxygen atoms in total. The number of sulfonamides is 1. The predicted octanol–water partition coefficient (Wildman–Crippen LogP) is 2.69. The third-order valence-electron chi connectivity index (χ3n) is 4.23. The Morgan fingerprint density at radius 3 is 2.04 bits per heavy atom. The lowest BCUT2D eigenvalue weighted by molar-refractivity contribution is -0.132. The summed E-state index contributed by atoms with van der Waals surface area (Å²) in [5.74, 6) is -1.48. The molecular weight excluding hydrogens is 359 g/mol. The first-order valence-electron chi connectivity index (χ1n) is 8.10. The molecule has 2 aromatic rings. The summed E-state index contributed by atoms with van der Waals surface area (Å²) in [5.41, 5.74) is 2.98. The summed E-state index contributed by atoms with van der Waals surface area (Å²) in [6.45, 7) is 3.52. The van der Waals surface area contributed by atoms with E-state index in [1.54, 1.807) is 31.2 Å². The standard InChI is InChI=1S/C18H21FN2O4S/c1-3-12(2)17(18(22)20-23)21-26(24,25)16-10-6-14(7-11-16)13-4-8-15(19)9-5-13/h4-12,17,21,23H,3H2,1-2H3,(H,20,22)/t12-,17-/m0/s1. The fourth-order valence-electron chi connectivity index (χ4n) is 2.44. The van der Waals surface area contributed by atoms with Crippen molar-refractivity contribution >= 4 is 15.9 Å². The van der Waals surface area contributed by atoms with Crippen LogP contribution in [0, 0.1) is 11.7 Å². The number of rotatable bonds is 7. The number of hydrogen-bond donors (Lipinski definition) is 3. The highest BCUT2D eigenvalue weighted by Crippen LogP contribution is 2.22. The minimum Gasteiger partial charge on any atom is -0.289 e. The van der Waals surface area contributed by atoms with Gasteiger partial charge in [0, 0.05) is 0 Å². The largest absolute Gasteiger partial charge is 0.289 e. The van der Waals surface area contributed by atoms with Crippen molar-refractivity contribution in [3.05, 3.63) is 54.3 Å². The number of hydroxylamine groups is 1. The first-order valence-corrected chi connectivity index (χ1v) is 9.59. The fraction of sp³-hybridized carbons (Fsp3) is 0.278. The normalized spacial score (nSPS) is 13.8. The van der Waals surface area contributed by atoms with Gasteiger partial charge in [-0.05, 0) is 41.3 Å². The summed E-state index contributed by atoms with van der Waals surface area (Å²) in [5, 5.41) is 8.84. The van der Waals surface area contributed by atoms with Crippen molar-refractivity contribution in [2.24, 2.45) is 5.92 Å². The molecule has 3 N–H and O–H groups in total. The lowest BCUT2D eigenvalue weighted by Crippen LogP contribution is -2.49. The second-order valence-electron chi connectivity index (χ2n) is 5.99. The molecule has 0 unspecified atom stereocenters. The summed E-state index contributed by atoms with van der Waals surface area (Å²) >= 11 is 0. The summed E-state index contributed by atoms with van der Waals surface area (Å²) < 4.78 is 40.4. The number of hydrogen-bond acceptors (Lipinski definition) is 4. The molecule has 0 fully saturated rings. The monoisotopic (exact) mass is 380 g/mol. The lowest BCUT2D eigenvalue weighted by Gasteiger charge is -2.22. The van der Waals surface area contributed by atoms with Gasteiger partial charge in [-0.15, -0.1) is 0 Å². The number of benzene rings is 2. The van der Waals surface area contributed by atoms with Gasteiger partial charge in [0.05, 0.1) is 4.90 Å². The van der Waals surface area contributed by atoms with Crippen molar-refractivity contribution in [2.45, 2.75) is 31.2 Å². The highest BCUT2D eigenvalue weighted by atomic mass is 32.2. The molecule has 0 saturated carbocycles. The Hall–Kier alpha value is -2.29. The Morgan fingerprint density at radius 2 is 1.58 bits per heavy atom. The molecule has 0 saturated heterocycles. The Labute approximate surface area is 152 Å². The molecular formula is C18H21FN2O4S. The Kier molecular flexibility index (Phi) is 6.47. The molecule has 0 aromatic heterocycles. The summed E-state index contributed by atoms with van der Waals surface area (Å²) in [4.78, 5) is 11.8. The van der Waals surface area contributed by atoms with Crippen LogP contribution in [0.2, 0.25) is 0 Å². The molecule has 2 aromatic carbocycles. The Bertz CT molecular complexity index is 852. The van der Waals surface area contributed by atoms with Crippen molar-refractivity contribution in [3.8, 4) is 11.1 Å². The van der Waals surface area contributed by atoms with Crippen LogP contribution in [0.5, 0.6) is 0 Å². The summed E-state index contributed by atoms with van der Waals surface area (Å²) in [6, 6.07) is 10.8.